The molecule has 1 aromatic heterocycles. The van der Waals surface area contributed by atoms with E-state index in [0.717, 1.165) is 34.8 Å². The predicted octanol–water partition coefficient (Wildman–Crippen LogP) is 4.91. The average molecular weight is 325 g/mol. The van der Waals surface area contributed by atoms with Crippen LogP contribution in [0.5, 0.6) is 11.6 Å². The molecule has 21 heavy (non-hydrogen) atoms. The van der Waals surface area contributed by atoms with Gasteiger partial charge in [-0.1, -0.05) is 30.1 Å². The van der Waals surface area contributed by atoms with E-state index in [2.05, 4.69) is 17.2 Å². The van der Waals surface area contributed by atoms with Gasteiger partial charge in [-0.25, -0.2) is 4.98 Å². The monoisotopic (exact) mass is 324 g/mol. The van der Waals surface area contributed by atoms with Crippen LogP contribution in [0, 0.1) is 13.8 Å². The highest BCUT2D eigenvalue weighted by molar-refractivity contribution is 6.32. The minimum absolute atomic E-state index is 0.401. The molecule has 5 heteroatoms. The van der Waals surface area contributed by atoms with Gasteiger partial charge >= 0.3 is 0 Å². The Bertz CT molecular complexity index is 621. The highest BCUT2D eigenvalue weighted by Gasteiger charge is 2.09. The van der Waals surface area contributed by atoms with Crippen LogP contribution < -0.4 is 10.1 Å². The molecule has 0 aliphatic heterocycles. The van der Waals surface area contributed by atoms with Crippen LogP contribution in [-0.4, -0.2) is 11.5 Å². The number of hydrogen-bond donors (Lipinski definition) is 1. The van der Waals surface area contributed by atoms with Crippen LogP contribution >= 0.6 is 23.2 Å². The summed E-state index contributed by atoms with van der Waals surface area (Å²) in [6.07, 6.45) is 1.76. The van der Waals surface area contributed by atoms with Crippen LogP contribution in [0.2, 0.25) is 10.0 Å². The van der Waals surface area contributed by atoms with Crippen LogP contribution in [0.1, 0.15) is 23.6 Å². The zero-order valence-corrected chi connectivity index (χ0v) is 13.8. The van der Waals surface area contributed by atoms with Crippen LogP contribution in [0.3, 0.4) is 0 Å². The van der Waals surface area contributed by atoms with Crippen molar-refractivity contribution in [2.45, 2.75) is 27.3 Å². The van der Waals surface area contributed by atoms with Crippen molar-refractivity contribution in [1.82, 2.24) is 10.3 Å². The van der Waals surface area contributed by atoms with E-state index in [9.17, 15) is 0 Å². The molecule has 0 radical (unpaired) electrons. The largest absolute Gasteiger partial charge is 0.438 e. The zero-order valence-electron chi connectivity index (χ0n) is 12.3. The van der Waals surface area contributed by atoms with Gasteiger partial charge in [-0.2, -0.15) is 0 Å². The van der Waals surface area contributed by atoms with E-state index in [0.29, 0.717) is 16.7 Å². The van der Waals surface area contributed by atoms with Crippen molar-refractivity contribution in [2.75, 3.05) is 6.54 Å². The number of hydrogen-bond acceptors (Lipinski definition) is 3. The number of ether oxygens (including phenoxy) is 1. The highest BCUT2D eigenvalue weighted by Crippen LogP contribution is 2.31. The minimum Gasteiger partial charge on any atom is -0.438 e. The number of halogens is 2. The van der Waals surface area contributed by atoms with Crippen LogP contribution in [0.25, 0.3) is 0 Å². The van der Waals surface area contributed by atoms with Crippen molar-refractivity contribution < 1.29 is 4.74 Å². The van der Waals surface area contributed by atoms with Crippen molar-refractivity contribution in [3.63, 3.8) is 0 Å². The topological polar surface area (TPSA) is 34.2 Å². The third kappa shape index (κ3) is 4.10. The molecule has 0 unspecified atom stereocenters. The second-order valence-corrected chi connectivity index (χ2v) is 5.67. The van der Waals surface area contributed by atoms with E-state index in [1.165, 1.54) is 0 Å². The molecule has 0 saturated heterocycles. The lowest BCUT2D eigenvalue weighted by molar-refractivity contribution is 0.462. The number of pyridine rings is 1. The normalized spacial score (nSPS) is 10.7. The molecule has 0 bridgehead atoms. The van der Waals surface area contributed by atoms with Gasteiger partial charge in [0.1, 0.15) is 10.8 Å². The quantitative estimate of drug-likeness (QED) is 0.848. The second kappa shape index (κ2) is 7.12. The number of nitrogens with zero attached hydrogens (tertiary/aromatic N) is 1. The molecule has 0 amide bonds. The molecule has 3 nitrogen and oxygen atoms in total. The molecule has 2 rings (SSSR count). The standard InChI is InChI=1S/C16H18Cl2N2O/c1-4-19-8-12-7-14(17)16(20-9-12)21-13-5-10(2)15(18)11(3)6-13/h5-7,9,19H,4,8H2,1-3H3. The summed E-state index contributed by atoms with van der Waals surface area (Å²) in [4.78, 5) is 4.28. The molecule has 112 valence electrons. The molecule has 1 aromatic carbocycles. The molecule has 0 fully saturated rings. The summed E-state index contributed by atoms with van der Waals surface area (Å²) in [6.45, 7) is 7.58. The van der Waals surface area contributed by atoms with Gasteiger partial charge in [0.25, 0.3) is 0 Å². The Hall–Kier alpha value is -1.29. The summed E-state index contributed by atoms with van der Waals surface area (Å²) in [5.41, 5.74) is 2.95. The van der Waals surface area contributed by atoms with E-state index in [1.807, 2.05) is 32.0 Å². The lowest BCUT2D eigenvalue weighted by Gasteiger charge is -2.11. The Morgan fingerprint density at radius 1 is 1.14 bits per heavy atom. The van der Waals surface area contributed by atoms with E-state index >= 15 is 0 Å². The summed E-state index contributed by atoms with van der Waals surface area (Å²) in [6, 6.07) is 5.61. The third-order valence-corrected chi connectivity index (χ3v) is 3.93. The van der Waals surface area contributed by atoms with Crippen molar-refractivity contribution in [3.05, 3.63) is 51.1 Å². The molecule has 0 saturated carbocycles. The van der Waals surface area contributed by atoms with Gasteiger partial charge in [0.15, 0.2) is 0 Å². The van der Waals surface area contributed by atoms with Gasteiger partial charge in [-0.15, -0.1) is 0 Å². The van der Waals surface area contributed by atoms with Gasteiger partial charge in [-0.05, 0) is 55.3 Å². The highest BCUT2D eigenvalue weighted by atomic mass is 35.5. The fourth-order valence-electron chi connectivity index (χ4n) is 1.98. The Morgan fingerprint density at radius 2 is 1.81 bits per heavy atom. The SMILES string of the molecule is CCNCc1cnc(Oc2cc(C)c(Cl)c(C)c2)c(Cl)c1. The molecule has 1 N–H and O–H groups in total. The van der Waals surface area contributed by atoms with E-state index in [4.69, 9.17) is 27.9 Å². The molecular formula is C16H18Cl2N2O. The summed E-state index contributed by atoms with van der Waals surface area (Å²) in [5, 5.41) is 4.48. The lowest BCUT2D eigenvalue weighted by Crippen LogP contribution is -2.11. The first-order chi connectivity index (χ1) is 10.0. The van der Waals surface area contributed by atoms with Gasteiger partial charge in [0, 0.05) is 17.8 Å². The minimum atomic E-state index is 0.401. The number of rotatable bonds is 5. The Kier molecular flexibility index (Phi) is 5.45. The van der Waals surface area contributed by atoms with Crippen LogP contribution in [0.4, 0.5) is 0 Å². The van der Waals surface area contributed by atoms with Gasteiger partial charge in [-0.3, -0.25) is 0 Å². The van der Waals surface area contributed by atoms with E-state index < -0.39 is 0 Å². The molecular weight excluding hydrogens is 307 g/mol. The summed E-state index contributed by atoms with van der Waals surface area (Å²) in [5.74, 6) is 1.08. The van der Waals surface area contributed by atoms with Crippen molar-refractivity contribution >= 4 is 23.2 Å². The van der Waals surface area contributed by atoms with E-state index in [1.54, 1.807) is 6.20 Å². The first-order valence-electron chi connectivity index (χ1n) is 6.81. The smallest absolute Gasteiger partial charge is 0.238 e. The summed E-state index contributed by atoms with van der Waals surface area (Å²) in [7, 11) is 0. The average Bonchev–Trinajstić information content (AvgIpc) is 2.45. The van der Waals surface area contributed by atoms with Crippen LogP contribution in [0.15, 0.2) is 24.4 Å². The number of benzene rings is 1. The second-order valence-electron chi connectivity index (χ2n) is 4.88. The first kappa shape index (κ1) is 16.1. The fourth-order valence-corrected chi connectivity index (χ4v) is 2.32. The Balaban J connectivity index is 2.20. The van der Waals surface area contributed by atoms with Gasteiger partial charge in [0.2, 0.25) is 5.88 Å². The maximum absolute atomic E-state index is 6.23. The molecule has 0 spiro atoms. The Morgan fingerprint density at radius 3 is 2.38 bits per heavy atom. The molecule has 0 aliphatic carbocycles. The van der Waals surface area contributed by atoms with E-state index in [-0.39, 0.29) is 0 Å². The van der Waals surface area contributed by atoms with Gasteiger partial charge in [0.05, 0.1) is 0 Å². The van der Waals surface area contributed by atoms with Crippen molar-refractivity contribution in [2.24, 2.45) is 0 Å². The van der Waals surface area contributed by atoms with Gasteiger partial charge < -0.3 is 10.1 Å². The van der Waals surface area contributed by atoms with Crippen molar-refractivity contribution in [3.8, 4) is 11.6 Å². The summed E-state index contributed by atoms with van der Waals surface area (Å²) >= 11 is 12.4. The predicted molar refractivity (Wildman–Crippen MR) is 87.6 cm³/mol. The molecule has 0 aliphatic rings. The molecule has 2 aromatic rings. The maximum atomic E-state index is 6.23. The maximum Gasteiger partial charge on any atom is 0.238 e. The number of aromatic nitrogens is 1. The first-order valence-corrected chi connectivity index (χ1v) is 7.56. The lowest BCUT2D eigenvalue weighted by atomic mass is 10.1. The molecule has 0 atom stereocenters. The summed E-state index contributed by atoms with van der Waals surface area (Å²) < 4.78 is 5.76. The van der Waals surface area contributed by atoms with Crippen molar-refractivity contribution in [1.29, 1.82) is 0 Å². The Labute approximate surface area is 135 Å². The third-order valence-electron chi connectivity index (χ3n) is 3.07. The fraction of sp³-hybridized carbons (Fsp3) is 0.312. The van der Waals surface area contributed by atoms with Crippen LogP contribution in [-0.2, 0) is 6.54 Å². The number of nitrogens with one attached hydrogen (secondary N) is 1. The number of aryl methyl sites for hydroxylation is 2. The zero-order chi connectivity index (χ0) is 15.4. The molecule has 1 heterocycles.